The van der Waals surface area contributed by atoms with Gasteiger partial charge in [0.05, 0.1) is 24.3 Å². The first-order chi connectivity index (χ1) is 14.0. The molecule has 1 fully saturated rings. The molecule has 6 nitrogen and oxygen atoms in total. The minimum absolute atomic E-state index is 0.417. The summed E-state index contributed by atoms with van der Waals surface area (Å²) in [7, 11) is 0. The van der Waals surface area contributed by atoms with Gasteiger partial charge in [-0.1, -0.05) is 18.2 Å². The number of ether oxygens (including phenoxy) is 1. The van der Waals surface area contributed by atoms with Gasteiger partial charge in [0, 0.05) is 25.3 Å². The van der Waals surface area contributed by atoms with Crippen LogP contribution in [0.2, 0.25) is 0 Å². The minimum Gasteiger partial charge on any atom is -0.378 e. The molecular formula is C22H25FN4O2. The Bertz CT molecular complexity index is 1070. The van der Waals surface area contributed by atoms with Crippen LogP contribution in [-0.4, -0.2) is 41.8 Å². The van der Waals surface area contributed by atoms with Crippen LogP contribution in [0.1, 0.15) is 32.9 Å². The number of nitrogens with zero attached hydrogens (tertiary/aromatic N) is 3. The highest BCUT2D eigenvalue weighted by molar-refractivity contribution is 6.05. The number of rotatable bonds is 5. The molecule has 0 unspecified atom stereocenters. The number of aromatic nitrogens is 2. The Hall–Kier alpha value is -2.93. The van der Waals surface area contributed by atoms with Crippen LogP contribution < -0.4 is 10.6 Å². The van der Waals surface area contributed by atoms with Crippen molar-refractivity contribution in [2.75, 3.05) is 31.2 Å². The second-order valence-corrected chi connectivity index (χ2v) is 7.40. The molecule has 0 radical (unpaired) electrons. The Morgan fingerprint density at radius 3 is 2.62 bits per heavy atom. The fraction of sp³-hybridized carbons (Fsp3) is 0.364. The molecule has 4 rings (SSSR count). The van der Waals surface area contributed by atoms with Crippen molar-refractivity contribution in [2.45, 2.75) is 27.1 Å². The van der Waals surface area contributed by atoms with Crippen LogP contribution in [0, 0.1) is 13.8 Å². The first kappa shape index (κ1) is 19.4. The van der Waals surface area contributed by atoms with Crippen molar-refractivity contribution in [1.29, 1.82) is 0 Å². The van der Waals surface area contributed by atoms with E-state index < -0.39 is 12.6 Å². The number of carbonyl (C=O) groups is 1. The summed E-state index contributed by atoms with van der Waals surface area (Å²) in [6.45, 7) is 6.72. The summed E-state index contributed by atoms with van der Waals surface area (Å²) >= 11 is 0. The number of anilines is 1. The molecule has 1 amide bonds. The molecule has 1 saturated heterocycles. The predicted molar refractivity (Wildman–Crippen MR) is 111 cm³/mol. The maximum atomic E-state index is 13.3. The van der Waals surface area contributed by atoms with Crippen LogP contribution in [0.3, 0.4) is 0 Å². The standard InChI is InChI=1S/C22H25FN4O2/c1-14-16(12-23)4-3-5-17(14)13-27-15(2)25-21-19(22(24)28)10-18(11-20(21)27)26-6-8-29-9-7-26/h3-5,10-11H,6-9,12-13H2,1-2H3,(H2,24,28). The Morgan fingerprint density at radius 1 is 1.21 bits per heavy atom. The minimum atomic E-state index is -0.495. The van der Waals surface area contributed by atoms with Crippen LogP contribution in [0.15, 0.2) is 30.3 Å². The molecule has 29 heavy (non-hydrogen) atoms. The van der Waals surface area contributed by atoms with Gasteiger partial charge in [0.2, 0.25) is 0 Å². The molecule has 1 aromatic heterocycles. The number of hydrogen-bond donors (Lipinski definition) is 1. The fourth-order valence-corrected chi connectivity index (χ4v) is 3.94. The van der Waals surface area contributed by atoms with Crippen molar-refractivity contribution in [3.8, 4) is 0 Å². The van der Waals surface area contributed by atoms with E-state index in [1.54, 1.807) is 6.07 Å². The van der Waals surface area contributed by atoms with E-state index in [2.05, 4.69) is 20.5 Å². The zero-order chi connectivity index (χ0) is 20.5. The number of fused-ring (bicyclic) bond motifs is 1. The third kappa shape index (κ3) is 3.58. The number of benzene rings is 2. The normalized spacial score (nSPS) is 14.5. The summed E-state index contributed by atoms with van der Waals surface area (Å²) in [6.07, 6.45) is 0. The number of nitrogens with two attached hydrogens (primary N) is 1. The molecule has 2 N–H and O–H groups in total. The molecule has 0 spiro atoms. The van der Waals surface area contributed by atoms with Crippen molar-refractivity contribution in [1.82, 2.24) is 9.55 Å². The Morgan fingerprint density at radius 2 is 1.93 bits per heavy atom. The lowest BCUT2D eigenvalue weighted by molar-refractivity contribution is 0.100. The molecule has 0 aliphatic carbocycles. The van der Waals surface area contributed by atoms with Gasteiger partial charge in [-0.05, 0) is 42.7 Å². The molecule has 1 aliphatic rings. The average molecular weight is 396 g/mol. The fourth-order valence-electron chi connectivity index (χ4n) is 3.94. The van der Waals surface area contributed by atoms with Crippen molar-refractivity contribution in [2.24, 2.45) is 5.73 Å². The van der Waals surface area contributed by atoms with Gasteiger partial charge in [0.1, 0.15) is 18.0 Å². The van der Waals surface area contributed by atoms with Crippen molar-refractivity contribution < 1.29 is 13.9 Å². The first-order valence-corrected chi connectivity index (χ1v) is 9.76. The van der Waals surface area contributed by atoms with E-state index in [4.69, 9.17) is 10.5 Å². The monoisotopic (exact) mass is 396 g/mol. The van der Waals surface area contributed by atoms with Crippen LogP contribution in [-0.2, 0) is 18.0 Å². The number of imidazole rings is 1. The highest BCUT2D eigenvalue weighted by atomic mass is 19.1. The quantitative estimate of drug-likeness (QED) is 0.719. The third-order valence-electron chi connectivity index (χ3n) is 5.70. The summed E-state index contributed by atoms with van der Waals surface area (Å²) in [4.78, 5) is 19.0. The SMILES string of the molecule is Cc1c(CF)cccc1Cn1c(C)nc2c(C(N)=O)cc(N3CCOCC3)cc21. The largest absolute Gasteiger partial charge is 0.378 e. The van der Waals surface area contributed by atoms with E-state index in [0.29, 0.717) is 36.4 Å². The van der Waals surface area contributed by atoms with E-state index >= 15 is 0 Å². The van der Waals surface area contributed by atoms with E-state index in [1.807, 2.05) is 32.0 Å². The van der Waals surface area contributed by atoms with Crippen LogP contribution in [0.25, 0.3) is 11.0 Å². The van der Waals surface area contributed by atoms with Gasteiger partial charge in [-0.3, -0.25) is 4.79 Å². The highest BCUT2D eigenvalue weighted by Gasteiger charge is 2.20. The topological polar surface area (TPSA) is 73.4 Å². The summed E-state index contributed by atoms with van der Waals surface area (Å²) in [5.41, 5.74) is 11.1. The number of morpholine rings is 1. The molecule has 1 aliphatic heterocycles. The zero-order valence-corrected chi connectivity index (χ0v) is 16.7. The number of hydrogen-bond acceptors (Lipinski definition) is 4. The molecule has 2 heterocycles. The van der Waals surface area contributed by atoms with E-state index in [9.17, 15) is 9.18 Å². The molecule has 3 aromatic rings. The lowest BCUT2D eigenvalue weighted by Gasteiger charge is -2.29. The Labute approximate surface area is 169 Å². The number of halogens is 1. The highest BCUT2D eigenvalue weighted by Crippen LogP contribution is 2.29. The van der Waals surface area contributed by atoms with E-state index in [0.717, 1.165) is 41.2 Å². The number of aryl methyl sites for hydroxylation is 1. The first-order valence-electron chi connectivity index (χ1n) is 9.76. The maximum absolute atomic E-state index is 13.3. The molecule has 2 aromatic carbocycles. The van der Waals surface area contributed by atoms with Crippen molar-refractivity contribution in [3.05, 3.63) is 58.4 Å². The molecule has 0 atom stereocenters. The molecule has 0 bridgehead atoms. The zero-order valence-electron chi connectivity index (χ0n) is 16.7. The molecular weight excluding hydrogens is 371 g/mol. The van der Waals surface area contributed by atoms with Gasteiger partial charge in [0.25, 0.3) is 5.91 Å². The molecule has 152 valence electrons. The second-order valence-electron chi connectivity index (χ2n) is 7.40. The van der Waals surface area contributed by atoms with Gasteiger partial charge < -0.3 is 19.9 Å². The molecule has 0 saturated carbocycles. The van der Waals surface area contributed by atoms with Crippen molar-refractivity contribution >= 4 is 22.6 Å². The van der Waals surface area contributed by atoms with Gasteiger partial charge in [0.15, 0.2) is 0 Å². The van der Waals surface area contributed by atoms with E-state index in [1.165, 1.54) is 0 Å². The third-order valence-corrected chi connectivity index (χ3v) is 5.70. The smallest absolute Gasteiger partial charge is 0.251 e. The van der Waals surface area contributed by atoms with Gasteiger partial charge in [-0.25, -0.2) is 9.37 Å². The van der Waals surface area contributed by atoms with Gasteiger partial charge in [-0.15, -0.1) is 0 Å². The summed E-state index contributed by atoms with van der Waals surface area (Å²) < 4.78 is 20.8. The van der Waals surface area contributed by atoms with Gasteiger partial charge in [-0.2, -0.15) is 0 Å². The summed E-state index contributed by atoms with van der Waals surface area (Å²) in [6, 6.07) is 9.56. The second kappa shape index (κ2) is 7.83. The van der Waals surface area contributed by atoms with Crippen LogP contribution >= 0.6 is 0 Å². The Kier molecular flexibility index (Phi) is 5.24. The number of alkyl halides is 1. The predicted octanol–water partition coefficient (Wildman–Crippen LogP) is 3.11. The number of primary amides is 1. The number of amides is 1. The summed E-state index contributed by atoms with van der Waals surface area (Å²) in [5, 5.41) is 0. The average Bonchev–Trinajstić information content (AvgIpc) is 3.04. The van der Waals surface area contributed by atoms with Crippen LogP contribution in [0.4, 0.5) is 10.1 Å². The van der Waals surface area contributed by atoms with Crippen molar-refractivity contribution in [3.63, 3.8) is 0 Å². The molecule has 7 heteroatoms. The lowest BCUT2D eigenvalue weighted by Crippen LogP contribution is -2.36. The number of carbonyl (C=O) groups excluding carboxylic acids is 1. The van der Waals surface area contributed by atoms with Gasteiger partial charge >= 0.3 is 0 Å². The maximum Gasteiger partial charge on any atom is 0.251 e. The lowest BCUT2D eigenvalue weighted by atomic mass is 10.0. The Balaban J connectivity index is 1.85. The van der Waals surface area contributed by atoms with E-state index in [-0.39, 0.29) is 0 Å². The van der Waals surface area contributed by atoms with Crippen LogP contribution in [0.5, 0.6) is 0 Å². The summed E-state index contributed by atoms with van der Waals surface area (Å²) in [5.74, 6) is 0.289.